The van der Waals surface area contributed by atoms with Crippen molar-refractivity contribution >= 4 is 18.2 Å². The molecule has 1 heterocycles. The van der Waals surface area contributed by atoms with E-state index < -0.39 is 17.5 Å². The summed E-state index contributed by atoms with van der Waals surface area (Å²) in [7, 11) is 1.56. The van der Waals surface area contributed by atoms with Gasteiger partial charge in [-0.25, -0.2) is 4.79 Å². The standard InChI is InChI=1S/C21H21N3O4/c1-4-13-28-18-8-6-5-7-15(18)14-22-24-19(25)21(2,23-20(24)26)16-9-11-17(27-3)12-10-16/h4-12,14H,1,13H2,2-3H3,(H,23,26)/b22-14-/t21-/m0/s1. The summed E-state index contributed by atoms with van der Waals surface area (Å²) >= 11 is 0. The summed E-state index contributed by atoms with van der Waals surface area (Å²) in [6, 6.07) is 13.5. The smallest absolute Gasteiger partial charge is 0.346 e. The van der Waals surface area contributed by atoms with Gasteiger partial charge in [0.2, 0.25) is 0 Å². The van der Waals surface area contributed by atoms with Crippen molar-refractivity contribution in [2.24, 2.45) is 5.10 Å². The van der Waals surface area contributed by atoms with E-state index in [0.717, 1.165) is 5.01 Å². The van der Waals surface area contributed by atoms with Gasteiger partial charge in [0.25, 0.3) is 5.91 Å². The number of urea groups is 1. The third-order valence-electron chi connectivity index (χ3n) is 4.42. The predicted molar refractivity (Wildman–Crippen MR) is 105 cm³/mol. The minimum absolute atomic E-state index is 0.337. The van der Waals surface area contributed by atoms with Crippen molar-refractivity contribution in [3.63, 3.8) is 0 Å². The van der Waals surface area contributed by atoms with Crippen LogP contribution in [-0.2, 0) is 10.3 Å². The van der Waals surface area contributed by atoms with Gasteiger partial charge in [-0.1, -0.05) is 36.9 Å². The maximum absolute atomic E-state index is 12.9. The lowest BCUT2D eigenvalue weighted by atomic mass is 9.92. The lowest BCUT2D eigenvalue weighted by Crippen LogP contribution is -2.40. The fraction of sp³-hybridized carbons (Fsp3) is 0.190. The SMILES string of the molecule is C=CCOc1ccccc1/C=N\N1C(=O)N[C@@](C)(c2ccc(OC)cc2)C1=O. The Morgan fingerprint density at radius 2 is 1.89 bits per heavy atom. The van der Waals surface area contributed by atoms with Crippen LogP contribution >= 0.6 is 0 Å². The van der Waals surface area contributed by atoms with Crippen LogP contribution in [0.25, 0.3) is 0 Å². The van der Waals surface area contributed by atoms with Crippen molar-refractivity contribution in [1.29, 1.82) is 0 Å². The van der Waals surface area contributed by atoms with Crippen molar-refractivity contribution in [3.8, 4) is 11.5 Å². The second-order valence-electron chi connectivity index (χ2n) is 6.28. The molecule has 3 amide bonds. The van der Waals surface area contributed by atoms with Gasteiger partial charge in [-0.05, 0) is 36.8 Å². The molecule has 1 N–H and O–H groups in total. The monoisotopic (exact) mass is 379 g/mol. The number of nitrogens with zero attached hydrogens (tertiary/aromatic N) is 2. The molecule has 2 aromatic carbocycles. The van der Waals surface area contributed by atoms with Crippen LogP contribution in [0, 0.1) is 0 Å². The summed E-state index contributed by atoms with van der Waals surface area (Å²) in [5.41, 5.74) is 0.0709. The highest BCUT2D eigenvalue weighted by Crippen LogP contribution is 2.30. The molecular formula is C21H21N3O4. The molecule has 0 radical (unpaired) electrons. The van der Waals surface area contributed by atoms with E-state index in [4.69, 9.17) is 9.47 Å². The highest BCUT2D eigenvalue weighted by Gasteiger charge is 2.49. The predicted octanol–water partition coefficient (Wildman–Crippen LogP) is 3.06. The van der Waals surface area contributed by atoms with Gasteiger partial charge in [0.1, 0.15) is 23.6 Å². The lowest BCUT2D eigenvalue weighted by Gasteiger charge is -2.21. The molecule has 2 aromatic rings. The molecule has 7 heteroatoms. The van der Waals surface area contributed by atoms with E-state index in [0.29, 0.717) is 29.2 Å². The Hall–Kier alpha value is -3.61. The molecule has 0 bridgehead atoms. The normalized spacial score (nSPS) is 19.0. The Kier molecular flexibility index (Phi) is 5.44. The fourth-order valence-corrected chi connectivity index (χ4v) is 2.84. The van der Waals surface area contributed by atoms with Gasteiger partial charge >= 0.3 is 6.03 Å². The highest BCUT2D eigenvalue weighted by atomic mass is 16.5. The van der Waals surface area contributed by atoms with Crippen LogP contribution in [0.1, 0.15) is 18.1 Å². The van der Waals surface area contributed by atoms with Gasteiger partial charge in [0.15, 0.2) is 0 Å². The largest absolute Gasteiger partial charge is 0.497 e. The van der Waals surface area contributed by atoms with Crippen molar-refractivity contribution < 1.29 is 19.1 Å². The second-order valence-corrected chi connectivity index (χ2v) is 6.28. The third-order valence-corrected chi connectivity index (χ3v) is 4.42. The van der Waals surface area contributed by atoms with Gasteiger partial charge < -0.3 is 14.8 Å². The number of carbonyl (C=O) groups is 2. The molecule has 7 nitrogen and oxygen atoms in total. The number of para-hydroxylation sites is 1. The zero-order valence-electron chi connectivity index (χ0n) is 15.7. The van der Waals surface area contributed by atoms with E-state index in [9.17, 15) is 9.59 Å². The first-order chi connectivity index (χ1) is 13.5. The first-order valence-electron chi connectivity index (χ1n) is 8.67. The molecule has 0 aromatic heterocycles. The Bertz CT molecular complexity index is 924. The Morgan fingerprint density at radius 1 is 1.18 bits per heavy atom. The van der Waals surface area contributed by atoms with E-state index in [1.54, 1.807) is 56.5 Å². The average Bonchev–Trinajstić information content (AvgIpc) is 2.94. The molecule has 1 fully saturated rings. The zero-order chi connectivity index (χ0) is 20.1. The molecule has 0 unspecified atom stereocenters. The Labute approximate surface area is 163 Å². The summed E-state index contributed by atoms with van der Waals surface area (Å²) < 4.78 is 10.7. The minimum Gasteiger partial charge on any atom is -0.497 e. The minimum atomic E-state index is -1.21. The van der Waals surface area contributed by atoms with Crippen LogP contribution < -0.4 is 14.8 Å². The van der Waals surface area contributed by atoms with Crippen LogP contribution in [-0.4, -0.2) is 36.9 Å². The summed E-state index contributed by atoms with van der Waals surface area (Å²) in [5.74, 6) is 0.773. The number of hydrazone groups is 1. The molecule has 0 spiro atoms. The number of ether oxygens (including phenoxy) is 2. The van der Waals surface area contributed by atoms with Crippen LogP contribution in [0.3, 0.4) is 0 Å². The number of hydrogen-bond acceptors (Lipinski definition) is 5. The summed E-state index contributed by atoms with van der Waals surface area (Å²) in [5, 5.41) is 7.63. The van der Waals surface area contributed by atoms with Gasteiger partial charge in [-0.3, -0.25) is 4.79 Å². The molecule has 1 atom stereocenters. The van der Waals surface area contributed by atoms with E-state index in [2.05, 4.69) is 17.0 Å². The van der Waals surface area contributed by atoms with Crippen LogP contribution in [0.4, 0.5) is 4.79 Å². The number of amides is 3. The molecule has 28 heavy (non-hydrogen) atoms. The average molecular weight is 379 g/mol. The molecule has 0 aliphatic carbocycles. The van der Waals surface area contributed by atoms with Crippen molar-refractivity contribution in [2.75, 3.05) is 13.7 Å². The molecule has 3 rings (SSSR count). The van der Waals surface area contributed by atoms with Crippen LogP contribution in [0.2, 0.25) is 0 Å². The molecule has 1 saturated heterocycles. The quantitative estimate of drug-likeness (QED) is 0.455. The fourth-order valence-electron chi connectivity index (χ4n) is 2.84. The summed E-state index contributed by atoms with van der Waals surface area (Å²) in [6.07, 6.45) is 3.06. The molecular weight excluding hydrogens is 358 g/mol. The van der Waals surface area contributed by atoms with Crippen molar-refractivity contribution in [1.82, 2.24) is 10.3 Å². The van der Waals surface area contributed by atoms with Crippen LogP contribution in [0.5, 0.6) is 11.5 Å². The molecule has 1 aliphatic heterocycles. The highest BCUT2D eigenvalue weighted by molar-refractivity contribution is 6.07. The Morgan fingerprint density at radius 3 is 2.57 bits per heavy atom. The number of nitrogens with one attached hydrogen (secondary N) is 1. The van der Waals surface area contributed by atoms with E-state index >= 15 is 0 Å². The second kappa shape index (κ2) is 7.96. The van der Waals surface area contributed by atoms with Crippen molar-refractivity contribution in [3.05, 3.63) is 72.3 Å². The number of methoxy groups -OCH3 is 1. The number of hydrogen-bond donors (Lipinski definition) is 1. The van der Waals surface area contributed by atoms with E-state index in [1.807, 2.05) is 12.1 Å². The van der Waals surface area contributed by atoms with Gasteiger partial charge in [-0.15, -0.1) is 5.01 Å². The number of carbonyl (C=O) groups excluding carboxylic acids is 2. The molecule has 144 valence electrons. The molecule has 0 saturated carbocycles. The number of benzene rings is 2. The first kappa shape index (κ1) is 19.2. The first-order valence-corrected chi connectivity index (χ1v) is 8.67. The van der Waals surface area contributed by atoms with E-state index in [1.165, 1.54) is 6.21 Å². The maximum atomic E-state index is 12.9. The topological polar surface area (TPSA) is 80.2 Å². The van der Waals surface area contributed by atoms with Gasteiger partial charge in [0.05, 0.1) is 13.3 Å². The van der Waals surface area contributed by atoms with E-state index in [-0.39, 0.29) is 0 Å². The van der Waals surface area contributed by atoms with Crippen molar-refractivity contribution in [2.45, 2.75) is 12.5 Å². The maximum Gasteiger partial charge on any atom is 0.346 e. The summed E-state index contributed by atoms with van der Waals surface area (Å²) in [6.45, 7) is 5.60. The lowest BCUT2D eigenvalue weighted by molar-refractivity contribution is -0.131. The Balaban J connectivity index is 1.84. The zero-order valence-corrected chi connectivity index (χ0v) is 15.7. The van der Waals surface area contributed by atoms with Gasteiger partial charge in [-0.2, -0.15) is 5.10 Å². The molecule has 1 aliphatic rings. The van der Waals surface area contributed by atoms with Crippen LogP contribution in [0.15, 0.2) is 66.3 Å². The van der Waals surface area contributed by atoms with Gasteiger partial charge in [0, 0.05) is 5.56 Å². The number of imide groups is 1. The number of rotatable bonds is 7. The summed E-state index contributed by atoms with van der Waals surface area (Å²) in [4.78, 5) is 25.3. The third kappa shape index (κ3) is 3.59.